The minimum atomic E-state index is -0.340. The number of aryl methyl sites for hydroxylation is 2. The summed E-state index contributed by atoms with van der Waals surface area (Å²) in [6.07, 6.45) is 3.27. The molecule has 0 radical (unpaired) electrons. The lowest BCUT2D eigenvalue weighted by Crippen LogP contribution is -2.24. The fourth-order valence-electron chi connectivity index (χ4n) is 1.85. The van der Waals surface area contributed by atoms with E-state index in [-0.39, 0.29) is 24.1 Å². The molecule has 0 bridgehead atoms. The average Bonchev–Trinajstić information content (AvgIpc) is 3.05. The van der Waals surface area contributed by atoms with Crippen LogP contribution in [0.3, 0.4) is 0 Å². The van der Waals surface area contributed by atoms with Crippen LogP contribution in [0.5, 0.6) is 0 Å². The molecule has 0 saturated carbocycles. The minimum Gasteiger partial charge on any atom is -0.354 e. The van der Waals surface area contributed by atoms with E-state index >= 15 is 0 Å². The van der Waals surface area contributed by atoms with Gasteiger partial charge in [-0.15, -0.1) is 0 Å². The minimum absolute atomic E-state index is 0.0866. The largest absolute Gasteiger partial charge is 0.354 e. The summed E-state index contributed by atoms with van der Waals surface area (Å²) in [5.74, 6) is -0.602. The van der Waals surface area contributed by atoms with Crippen LogP contribution in [0.2, 0.25) is 0 Å². The highest BCUT2D eigenvalue weighted by Gasteiger charge is 2.17. The fourth-order valence-corrected chi connectivity index (χ4v) is 1.85. The van der Waals surface area contributed by atoms with Crippen molar-refractivity contribution in [3.8, 4) is 0 Å². The van der Waals surface area contributed by atoms with Gasteiger partial charge in [-0.05, 0) is 19.9 Å². The second kappa shape index (κ2) is 6.21. The van der Waals surface area contributed by atoms with E-state index in [2.05, 4.69) is 20.8 Å². The van der Waals surface area contributed by atoms with Crippen molar-refractivity contribution in [2.75, 3.05) is 12.4 Å². The van der Waals surface area contributed by atoms with Gasteiger partial charge in [-0.3, -0.25) is 19.0 Å². The van der Waals surface area contributed by atoms with E-state index < -0.39 is 0 Å². The predicted molar refractivity (Wildman–Crippen MR) is 76.9 cm³/mol. The topological polar surface area (TPSA) is 93.8 Å². The van der Waals surface area contributed by atoms with Crippen LogP contribution >= 0.6 is 0 Å². The van der Waals surface area contributed by atoms with Crippen LogP contribution in [0.1, 0.15) is 23.1 Å². The van der Waals surface area contributed by atoms with Crippen LogP contribution < -0.4 is 10.6 Å². The molecule has 2 aromatic rings. The predicted octanol–water partition coefficient (Wildman–Crippen LogP) is 0.406. The van der Waals surface area contributed by atoms with Gasteiger partial charge in [0, 0.05) is 31.7 Å². The van der Waals surface area contributed by atoms with Crippen molar-refractivity contribution in [2.24, 2.45) is 0 Å². The van der Waals surface area contributed by atoms with E-state index in [1.165, 1.54) is 7.05 Å². The highest BCUT2D eigenvalue weighted by molar-refractivity contribution is 6.02. The summed E-state index contributed by atoms with van der Waals surface area (Å²) >= 11 is 0. The Bertz CT molecular complexity index is 657. The van der Waals surface area contributed by atoms with Crippen LogP contribution in [0.25, 0.3) is 0 Å². The van der Waals surface area contributed by atoms with Gasteiger partial charge in [0.15, 0.2) is 5.69 Å². The van der Waals surface area contributed by atoms with Crippen molar-refractivity contribution in [3.05, 3.63) is 29.8 Å². The third-order valence-electron chi connectivity index (χ3n) is 3.02. The molecule has 0 fully saturated rings. The zero-order valence-corrected chi connectivity index (χ0v) is 12.3. The van der Waals surface area contributed by atoms with Gasteiger partial charge in [0.2, 0.25) is 5.91 Å². The van der Waals surface area contributed by atoms with Crippen LogP contribution in [0.4, 0.5) is 5.69 Å². The van der Waals surface area contributed by atoms with Gasteiger partial charge < -0.3 is 10.6 Å². The van der Waals surface area contributed by atoms with E-state index in [1.54, 1.807) is 21.8 Å². The van der Waals surface area contributed by atoms with Gasteiger partial charge in [0.25, 0.3) is 5.91 Å². The summed E-state index contributed by atoms with van der Waals surface area (Å²) in [7, 11) is 1.52. The molecule has 0 aromatic carbocycles. The molecule has 0 unspecified atom stereocenters. The van der Waals surface area contributed by atoms with Crippen molar-refractivity contribution >= 4 is 17.5 Å². The first kappa shape index (κ1) is 14.8. The number of anilines is 1. The third-order valence-corrected chi connectivity index (χ3v) is 3.02. The lowest BCUT2D eigenvalue weighted by Gasteiger charge is -2.06. The number of hydrogen-bond donors (Lipinski definition) is 2. The summed E-state index contributed by atoms with van der Waals surface area (Å²) in [6, 6.07) is 1.82. The molecule has 2 amide bonds. The number of hydrogen-bond acceptors (Lipinski definition) is 4. The fraction of sp³-hybridized carbons (Fsp3) is 0.385. The van der Waals surface area contributed by atoms with E-state index in [0.29, 0.717) is 12.2 Å². The molecule has 0 aliphatic rings. The van der Waals surface area contributed by atoms with E-state index in [0.717, 1.165) is 5.69 Å². The van der Waals surface area contributed by atoms with Crippen LogP contribution in [-0.4, -0.2) is 38.4 Å². The maximum atomic E-state index is 12.1. The molecule has 0 aliphatic carbocycles. The molecule has 0 atom stereocenters. The Labute approximate surface area is 122 Å². The van der Waals surface area contributed by atoms with Crippen molar-refractivity contribution in [1.29, 1.82) is 0 Å². The van der Waals surface area contributed by atoms with Crippen LogP contribution in [0.15, 0.2) is 18.5 Å². The standard InChI is InChI=1S/C13H18N6O2/c1-4-18-7-10(12(17-18)13(21)14-3)16-11(20)8-19-9(2)5-6-15-19/h5-7H,4,8H2,1-3H3,(H,14,21)(H,16,20). The lowest BCUT2D eigenvalue weighted by atomic mass is 10.3. The quantitative estimate of drug-likeness (QED) is 0.833. The molecule has 2 aromatic heterocycles. The smallest absolute Gasteiger partial charge is 0.273 e. The van der Waals surface area contributed by atoms with Gasteiger partial charge in [0.05, 0.1) is 5.69 Å². The highest BCUT2D eigenvalue weighted by Crippen LogP contribution is 2.14. The maximum Gasteiger partial charge on any atom is 0.273 e. The Kier molecular flexibility index (Phi) is 4.36. The first-order valence-corrected chi connectivity index (χ1v) is 6.63. The lowest BCUT2D eigenvalue weighted by molar-refractivity contribution is -0.116. The van der Waals surface area contributed by atoms with Crippen molar-refractivity contribution in [1.82, 2.24) is 24.9 Å². The monoisotopic (exact) mass is 290 g/mol. The number of nitrogens with one attached hydrogen (secondary N) is 2. The van der Waals surface area contributed by atoms with E-state index in [4.69, 9.17) is 0 Å². The number of nitrogens with zero attached hydrogens (tertiary/aromatic N) is 4. The number of rotatable bonds is 5. The number of aromatic nitrogens is 4. The number of carbonyl (C=O) groups is 2. The zero-order chi connectivity index (χ0) is 15.4. The number of amides is 2. The first-order valence-electron chi connectivity index (χ1n) is 6.63. The first-order chi connectivity index (χ1) is 10.0. The van der Waals surface area contributed by atoms with Crippen molar-refractivity contribution < 1.29 is 9.59 Å². The summed E-state index contributed by atoms with van der Waals surface area (Å²) in [5, 5.41) is 13.4. The van der Waals surface area contributed by atoms with Crippen molar-refractivity contribution in [2.45, 2.75) is 26.9 Å². The van der Waals surface area contributed by atoms with Crippen LogP contribution in [-0.2, 0) is 17.9 Å². The summed E-state index contributed by atoms with van der Waals surface area (Å²) < 4.78 is 3.18. The van der Waals surface area contributed by atoms with Gasteiger partial charge in [0.1, 0.15) is 6.54 Å². The van der Waals surface area contributed by atoms with Crippen LogP contribution in [0, 0.1) is 6.92 Å². The zero-order valence-electron chi connectivity index (χ0n) is 12.3. The highest BCUT2D eigenvalue weighted by atomic mass is 16.2. The Balaban J connectivity index is 2.15. The summed E-state index contributed by atoms with van der Waals surface area (Å²) in [4.78, 5) is 23.8. The molecule has 8 heteroatoms. The Hall–Kier alpha value is -2.64. The Morgan fingerprint density at radius 3 is 2.71 bits per heavy atom. The molecular weight excluding hydrogens is 272 g/mol. The third kappa shape index (κ3) is 3.28. The summed E-state index contributed by atoms with van der Waals surface area (Å²) in [6.45, 7) is 4.46. The molecule has 2 rings (SSSR count). The summed E-state index contributed by atoms with van der Waals surface area (Å²) in [5.41, 5.74) is 1.48. The van der Waals surface area contributed by atoms with E-state index in [9.17, 15) is 9.59 Å². The maximum absolute atomic E-state index is 12.1. The van der Waals surface area contributed by atoms with Crippen molar-refractivity contribution in [3.63, 3.8) is 0 Å². The van der Waals surface area contributed by atoms with Gasteiger partial charge in [-0.25, -0.2) is 0 Å². The number of carbonyl (C=O) groups excluding carboxylic acids is 2. The van der Waals surface area contributed by atoms with Gasteiger partial charge >= 0.3 is 0 Å². The molecule has 112 valence electrons. The molecule has 0 spiro atoms. The normalized spacial score (nSPS) is 10.4. The molecular formula is C13H18N6O2. The molecule has 2 heterocycles. The molecule has 0 aliphatic heterocycles. The molecule has 21 heavy (non-hydrogen) atoms. The molecule has 8 nitrogen and oxygen atoms in total. The second-order valence-corrected chi connectivity index (χ2v) is 4.50. The van der Waals surface area contributed by atoms with Gasteiger partial charge in [-0.1, -0.05) is 0 Å². The van der Waals surface area contributed by atoms with Gasteiger partial charge in [-0.2, -0.15) is 10.2 Å². The average molecular weight is 290 g/mol. The Morgan fingerprint density at radius 2 is 2.14 bits per heavy atom. The molecule has 0 saturated heterocycles. The SMILES string of the molecule is CCn1cc(NC(=O)Cn2nccc2C)c(C(=O)NC)n1. The van der Waals surface area contributed by atoms with E-state index in [1.807, 2.05) is 19.9 Å². The second-order valence-electron chi connectivity index (χ2n) is 4.50. The Morgan fingerprint density at radius 1 is 1.38 bits per heavy atom. The molecule has 2 N–H and O–H groups in total.